The molecule has 1 amide bonds. The molecule has 1 unspecified atom stereocenters. The minimum atomic E-state index is -4.75. The minimum Gasteiger partial charge on any atom is -0.462 e. The monoisotopic (exact) mass is 407 g/mol. The number of fused-ring (bicyclic) bond motifs is 1. The average molecular weight is 407 g/mol. The second kappa shape index (κ2) is 7.20. The SMILES string of the molecule is CCOC(=O)c1cn(Cc2ccc(CN3CC4C[C@@H]4C3=O)cc2)nc1C(F)(F)F. The summed E-state index contributed by atoms with van der Waals surface area (Å²) in [5, 5.41) is 3.55. The Morgan fingerprint density at radius 2 is 1.86 bits per heavy atom. The number of ether oxygens (including phenoxy) is 1. The number of halogens is 3. The summed E-state index contributed by atoms with van der Waals surface area (Å²) in [7, 11) is 0. The van der Waals surface area contributed by atoms with Crippen LogP contribution in [0.2, 0.25) is 0 Å². The quantitative estimate of drug-likeness (QED) is 0.691. The highest BCUT2D eigenvalue weighted by molar-refractivity contribution is 5.90. The average Bonchev–Trinajstić information content (AvgIpc) is 3.18. The number of hydrogen-bond acceptors (Lipinski definition) is 4. The highest BCUT2D eigenvalue weighted by Crippen LogP contribution is 2.46. The molecule has 1 saturated carbocycles. The summed E-state index contributed by atoms with van der Waals surface area (Å²) in [5.74, 6) is -0.111. The molecule has 29 heavy (non-hydrogen) atoms. The number of aromatic nitrogens is 2. The molecule has 2 atom stereocenters. The molecule has 0 bridgehead atoms. The summed E-state index contributed by atoms with van der Waals surface area (Å²) in [4.78, 5) is 25.7. The van der Waals surface area contributed by atoms with Gasteiger partial charge in [-0.2, -0.15) is 18.3 Å². The van der Waals surface area contributed by atoms with Crippen molar-refractivity contribution in [2.24, 2.45) is 11.8 Å². The van der Waals surface area contributed by atoms with Gasteiger partial charge in [0.25, 0.3) is 0 Å². The highest BCUT2D eigenvalue weighted by Gasteiger charge is 2.51. The van der Waals surface area contributed by atoms with Crippen LogP contribution in [0.25, 0.3) is 0 Å². The number of rotatable bonds is 6. The van der Waals surface area contributed by atoms with E-state index in [1.54, 1.807) is 12.1 Å². The summed E-state index contributed by atoms with van der Waals surface area (Å²) in [6.45, 7) is 2.92. The van der Waals surface area contributed by atoms with Crippen LogP contribution in [-0.4, -0.2) is 39.7 Å². The zero-order valence-electron chi connectivity index (χ0n) is 15.8. The Morgan fingerprint density at radius 1 is 1.21 bits per heavy atom. The summed E-state index contributed by atoms with van der Waals surface area (Å²) in [6.07, 6.45) is -2.68. The van der Waals surface area contributed by atoms with E-state index in [4.69, 9.17) is 4.74 Å². The first-order valence-corrected chi connectivity index (χ1v) is 9.44. The predicted molar refractivity (Wildman–Crippen MR) is 95.7 cm³/mol. The van der Waals surface area contributed by atoms with Gasteiger partial charge >= 0.3 is 12.1 Å². The molecular formula is C20H20F3N3O3. The maximum Gasteiger partial charge on any atom is 0.436 e. The van der Waals surface area contributed by atoms with E-state index in [0.717, 1.165) is 35.0 Å². The zero-order chi connectivity index (χ0) is 20.8. The van der Waals surface area contributed by atoms with Crippen LogP contribution in [0.3, 0.4) is 0 Å². The molecule has 2 fully saturated rings. The van der Waals surface area contributed by atoms with Crippen molar-refractivity contribution in [2.45, 2.75) is 32.6 Å². The Balaban J connectivity index is 1.46. The van der Waals surface area contributed by atoms with E-state index >= 15 is 0 Å². The van der Waals surface area contributed by atoms with Crippen molar-refractivity contribution in [3.63, 3.8) is 0 Å². The van der Waals surface area contributed by atoms with Crippen LogP contribution in [0.4, 0.5) is 13.2 Å². The van der Waals surface area contributed by atoms with E-state index in [1.807, 2.05) is 17.0 Å². The Bertz CT molecular complexity index is 937. The minimum absolute atomic E-state index is 0.0240. The lowest BCUT2D eigenvalue weighted by molar-refractivity contribution is -0.142. The lowest BCUT2D eigenvalue weighted by Crippen LogP contribution is -2.27. The van der Waals surface area contributed by atoms with Crippen LogP contribution < -0.4 is 0 Å². The molecule has 1 aromatic carbocycles. The standard InChI is InChI=1S/C20H20F3N3O3/c1-2-29-19(28)16-11-26(24-17(16)20(21,22)23)9-13-5-3-12(4-6-13)8-25-10-14-7-15(14)18(25)27/h3-6,11,14-15H,2,7-10H2,1H3/t14?,15-/m0/s1. The molecule has 4 rings (SSSR count). The molecule has 0 radical (unpaired) electrons. The molecule has 2 aliphatic rings. The van der Waals surface area contributed by atoms with Crippen LogP contribution in [-0.2, 0) is 28.8 Å². The maximum atomic E-state index is 13.2. The van der Waals surface area contributed by atoms with Crippen LogP contribution >= 0.6 is 0 Å². The van der Waals surface area contributed by atoms with Crippen molar-refractivity contribution in [2.75, 3.05) is 13.2 Å². The summed E-state index contributed by atoms with van der Waals surface area (Å²) < 4.78 is 45.4. The van der Waals surface area contributed by atoms with Gasteiger partial charge in [-0.1, -0.05) is 24.3 Å². The van der Waals surface area contributed by atoms with Crippen molar-refractivity contribution >= 4 is 11.9 Å². The molecule has 2 heterocycles. The van der Waals surface area contributed by atoms with Gasteiger partial charge < -0.3 is 9.64 Å². The van der Waals surface area contributed by atoms with Crippen molar-refractivity contribution in [1.29, 1.82) is 0 Å². The number of esters is 1. The van der Waals surface area contributed by atoms with Crippen molar-refractivity contribution in [3.05, 3.63) is 52.8 Å². The fraction of sp³-hybridized carbons (Fsp3) is 0.450. The van der Waals surface area contributed by atoms with Crippen molar-refractivity contribution in [1.82, 2.24) is 14.7 Å². The number of carbonyl (C=O) groups excluding carboxylic acids is 2. The molecule has 1 aliphatic carbocycles. The van der Waals surface area contributed by atoms with E-state index in [2.05, 4.69) is 5.10 Å². The number of hydrogen-bond donors (Lipinski definition) is 0. The van der Waals surface area contributed by atoms with Gasteiger partial charge in [0.05, 0.1) is 13.2 Å². The molecule has 2 aromatic rings. The third-order valence-corrected chi connectivity index (χ3v) is 5.27. The lowest BCUT2D eigenvalue weighted by atomic mass is 10.1. The third kappa shape index (κ3) is 3.99. The van der Waals surface area contributed by atoms with Crippen LogP contribution in [0.1, 0.15) is 40.5 Å². The number of amides is 1. The third-order valence-electron chi connectivity index (χ3n) is 5.27. The van der Waals surface area contributed by atoms with Crippen LogP contribution in [0.15, 0.2) is 30.5 Å². The second-order valence-electron chi connectivity index (χ2n) is 7.44. The van der Waals surface area contributed by atoms with Crippen LogP contribution in [0.5, 0.6) is 0 Å². The normalized spacial score (nSPS) is 20.7. The first kappa shape index (κ1) is 19.5. The van der Waals surface area contributed by atoms with E-state index < -0.39 is 23.4 Å². The van der Waals surface area contributed by atoms with Gasteiger partial charge in [0.1, 0.15) is 5.56 Å². The Kier molecular flexibility index (Phi) is 4.84. The van der Waals surface area contributed by atoms with Gasteiger partial charge in [-0.3, -0.25) is 9.48 Å². The van der Waals surface area contributed by atoms with E-state index in [-0.39, 0.29) is 25.0 Å². The summed E-state index contributed by atoms with van der Waals surface area (Å²) in [5.41, 5.74) is -0.149. The predicted octanol–water partition coefficient (Wildman–Crippen LogP) is 3.11. The summed E-state index contributed by atoms with van der Waals surface area (Å²) >= 11 is 0. The number of nitrogens with zero attached hydrogens (tertiary/aromatic N) is 3. The van der Waals surface area contributed by atoms with Crippen molar-refractivity contribution < 1.29 is 27.5 Å². The Labute approximate surface area is 165 Å². The number of carbonyl (C=O) groups is 2. The topological polar surface area (TPSA) is 64.4 Å². The van der Waals surface area contributed by atoms with E-state index in [0.29, 0.717) is 12.5 Å². The van der Waals surface area contributed by atoms with Gasteiger partial charge in [0.2, 0.25) is 5.91 Å². The van der Waals surface area contributed by atoms with Gasteiger partial charge in [-0.15, -0.1) is 0 Å². The molecule has 6 nitrogen and oxygen atoms in total. The largest absolute Gasteiger partial charge is 0.462 e. The smallest absolute Gasteiger partial charge is 0.436 e. The molecule has 1 aliphatic heterocycles. The van der Waals surface area contributed by atoms with Gasteiger partial charge in [-0.05, 0) is 30.4 Å². The van der Waals surface area contributed by atoms with E-state index in [9.17, 15) is 22.8 Å². The first-order valence-electron chi connectivity index (χ1n) is 9.44. The Hall–Kier alpha value is -2.84. The fourth-order valence-electron chi connectivity index (χ4n) is 3.73. The van der Waals surface area contributed by atoms with Gasteiger partial charge in [0.15, 0.2) is 5.69 Å². The molecule has 9 heteroatoms. The Morgan fingerprint density at radius 3 is 2.41 bits per heavy atom. The number of benzene rings is 1. The lowest BCUT2D eigenvalue weighted by Gasteiger charge is -2.18. The molecular weight excluding hydrogens is 387 g/mol. The van der Waals surface area contributed by atoms with Crippen LogP contribution in [0, 0.1) is 11.8 Å². The zero-order valence-corrected chi connectivity index (χ0v) is 15.8. The number of piperidine rings is 1. The molecule has 154 valence electrons. The van der Waals surface area contributed by atoms with Gasteiger partial charge in [-0.25, -0.2) is 4.79 Å². The highest BCUT2D eigenvalue weighted by atomic mass is 19.4. The molecule has 1 aromatic heterocycles. The molecule has 0 N–H and O–H groups in total. The maximum absolute atomic E-state index is 13.2. The fourth-order valence-corrected chi connectivity index (χ4v) is 3.73. The second-order valence-corrected chi connectivity index (χ2v) is 7.44. The summed E-state index contributed by atoms with van der Waals surface area (Å²) in [6, 6.07) is 7.28. The number of alkyl halides is 3. The molecule has 1 saturated heterocycles. The first-order chi connectivity index (χ1) is 13.8. The van der Waals surface area contributed by atoms with Gasteiger partial charge in [0, 0.05) is 25.2 Å². The van der Waals surface area contributed by atoms with E-state index in [1.165, 1.54) is 6.92 Å². The van der Waals surface area contributed by atoms with Crippen molar-refractivity contribution in [3.8, 4) is 0 Å². The number of likely N-dealkylation sites (tertiary alicyclic amines) is 1. The molecule has 0 spiro atoms.